The molecule has 33 heavy (non-hydrogen) atoms. The van der Waals surface area contributed by atoms with Crippen LogP contribution in [0.4, 0.5) is 14.5 Å². The van der Waals surface area contributed by atoms with E-state index in [4.69, 9.17) is 4.74 Å². The molecule has 4 rings (SSSR count). The molecule has 0 spiro atoms. The number of hydrogen-bond donors (Lipinski definition) is 2. The predicted molar refractivity (Wildman–Crippen MR) is 121 cm³/mol. The van der Waals surface area contributed by atoms with Crippen LogP contribution < -0.4 is 15.4 Å². The molecule has 0 radical (unpaired) electrons. The van der Waals surface area contributed by atoms with Gasteiger partial charge in [-0.2, -0.15) is 19.0 Å². The number of ether oxygens (including phenoxy) is 1. The van der Waals surface area contributed by atoms with E-state index >= 15 is 0 Å². The lowest BCUT2D eigenvalue weighted by Crippen LogP contribution is -2.15. The van der Waals surface area contributed by atoms with Crippen molar-refractivity contribution < 1.29 is 18.3 Å². The van der Waals surface area contributed by atoms with Crippen molar-refractivity contribution in [2.45, 2.75) is 18.1 Å². The summed E-state index contributed by atoms with van der Waals surface area (Å²) >= 11 is 1.45. The van der Waals surface area contributed by atoms with Crippen molar-refractivity contribution >= 4 is 29.0 Å². The zero-order chi connectivity index (χ0) is 23.4. The monoisotopic (exact) mass is 473 g/mol. The third kappa shape index (κ3) is 4.96. The lowest BCUT2D eigenvalue weighted by atomic mass is 10.1. The van der Waals surface area contributed by atoms with E-state index in [0.717, 1.165) is 4.90 Å². The van der Waals surface area contributed by atoms with Gasteiger partial charge in [0.1, 0.15) is 17.0 Å². The lowest BCUT2D eigenvalue weighted by molar-refractivity contribution is -0.0494. The van der Waals surface area contributed by atoms with Crippen molar-refractivity contribution in [2.75, 3.05) is 25.2 Å². The Labute approximate surface area is 192 Å². The number of benzene rings is 1. The highest BCUT2D eigenvalue weighted by Gasteiger charge is 2.22. The van der Waals surface area contributed by atoms with Crippen molar-refractivity contribution in [2.24, 2.45) is 0 Å². The molecule has 0 saturated carbocycles. The maximum absolute atomic E-state index is 13.1. The Hall–Kier alpha value is -3.51. The summed E-state index contributed by atoms with van der Waals surface area (Å²) in [5, 5.41) is 14.5. The van der Waals surface area contributed by atoms with Crippen molar-refractivity contribution in [1.82, 2.24) is 29.7 Å². The van der Waals surface area contributed by atoms with Crippen LogP contribution >= 0.6 is 11.8 Å². The minimum Gasteiger partial charge on any atom is -0.434 e. The maximum atomic E-state index is 13.1. The molecule has 172 valence electrons. The summed E-state index contributed by atoms with van der Waals surface area (Å²) in [5.74, 6) is -0.481. The second kappa shape index (κ2) is 9.96. The summed E-state index contributed by atoms with van der Waals surface area (Å²) in [5.41, 5.74) is 1.68. The maximum Gasteiger partial charge on any atom is 0.387 e. The number of carbonyl (C=O) groups is 1. The normalized spacial score (nSPS) is 11.3. The highest BCUT2D eigenvalue weighted by Crippen LogP contribution is 2.37. The van der Waals surface area contributed by atoms with Crippen molar-refractivity contribution in [1.29, 1.82) is 0 Å². The van der Waals surface area contributed by atoms with E-state index in [-0.39, 0.29) is 11.3 Å². The Morgan fingerprint density at radius 3 is 2.94 bits per heavy atom. The molecule has 3 aromatic heterocycles. The second-order valence-electron chi connectivity index (χ2n) is 6.90. The molecule has 9 nitrogen and oxygen atoms in total. The molecule has 1 amide bonds. The Bertz CT molecular complexity index is 1270. The Morgan fingerprint density at radius 2 is 2.18 bits per heavy atom. The number of nitrogens with one attached hydrogen (secondary N) is 2. The fourth-order valence-electron chi connectivity index (χ4n) is 3.25. The zero-order valence-electron chi connectivity index (χ0n) is 17.8. The molecule has 0 atom stereocenters. The van der Waals surface area contributed by atoms with E-state index in [1.54, 1.807) is 41.5 Å². The van der Waals surface area contributed by atoms with E-state index in [9.17, 15) is 13.6 Å². The highest BCUT2D eigenvalue weighted by molar-refractivity contribution is 7.98. The topological polar surface area (TPSA) is 98.4 Å². The van der Waals surface area contributed by atoms with Crippen LogP contribution in [0.5, 0.6) is 5.75 Å². The second-order valence-corrected chi connectivity index (χ2v) is 7.78. The summed E-state index contributed by atoms with van der Waals surface area (Å²) in [6.07, 6.45) is 8.20. The minimum absolute atomic E-state index is 0.0326. The number of aromatic nitrogens is 5. The van der Waals surface area contributed by atoms with Gasteiger partial charge in [0.05, 0.1) is 18.4 Å². The van der Waals surface area contributed by atoms with E-state index in [1.807, 2.05) is 13.3 Å². The van der Waals surface area contributed by atoms with Crippen molar-refractivity contribution in [3.63, 3.8) is 0 Å². The van der Waals surface area contributed by atoms with Gasteiger partial charge in [-0.25, -0.2) is 9.50 Å². The summed E-state index contributed by atoms with van der Waals surface area (Å²) in [7, 11) is 1.81. The molecule has 0 bridgehead atoms. The van der Waals surface area contributed by atoms with Crippen LogP contribution in [0.2, 0.25) is 0 Å². The zero-order valence-corrected chi connectivity index (χ0v) is 18.6. The van der Waals surface area contributed by atoms with Gasteiger partial charge in [0.15, 0.2) is 5.65 Å². The number of rotatable bonds is 9. The molecule has 0 aliphatic rings. The van der Waals surface area contributed by atoms with Crippen LogP contribution in [-0.4, -0.2) is 56.7 Å². The van der Waals surface area contributed by atoms with Crippen LogP contribution in [0.25, 0.3) is 16.9 Å². The van der Waals surface area contributed by atoms with E-state index in [1.165, 1.54) is 28.5 Å². The van der Waals surface area contributed by atoms with Gasteiger partial charge in [-0.05, 0) is 37.6 Å². The molecule has 4 aromatic rings. The molecule has 0 aliphatic carbocycles. The molecule has 12 heteroatoms. The van der Waals surface area contributed by atoms with Gasteiger partial charge in [0, 0.05) is 35.6 Å². The summed E-state index contributed by atoms with van der Waals surface area (Å²) in [6.45, 7) is -1.87. The Kier molecular flexibility index (Phi) is 6.84. The average Bonchev–Trinajstić information content (AvgIpc) is 3.41. The smallest absolute Gasteiger partial charge is 0.387 e. The number of alkyl halides is 2. The SMILES string of the molecule is CNCCn1cc(NC(=O)c2cnn3cccnc23)c(-c2cc(SC)ccc2OC(F)F)n1. The molecule has 3 heterocycles. The van der Waals surface area contributed by atoms with Crippen LogP contribution in [-0.2, 0) is 6.54 Å². The third-order valence-electron chi connectivity index (χ3n) is 4.78. The first-order valence-electron chi connectivity index (χ1n) is 9.95. The van der Waals surface area contributed by atoms with Gasteiger partial charge in [0.25, 0.3) is 5.91 Å². The van der Waals surface area contributed by atoms with E-state index in [2.05, 4.69) is 25.8 Å². The summed E-state index contributed by atoms with van der Waals surface area (Å²) in [6, 6.07) is 6.57. The predicted octanol–water partition coefficient (Wildman–Crippen LogP) is 3.39. The first-order valence-corrected chi connectivity index (χ1v) is 11.2. The molecule has 0 fully saturated rings. The van der Waals surface area contributed by atoms with Crippen molar-refractivity contribution in [3.8, 4) is 17.0 Å². The molecule has 0 aliphatic heterocycles. The molecular weight excluding hydrogens is 452 g/mol. The Morgan fingerprint density at radius 1 is 1.33 bits per heavy atom. The summed E-state index contributed by atoms with van der Waals surface area (Å²) in [4.78, 5) is 18.1. The van der Waals surface area contributed by atoms with Crippen LogP contribution in [0.1, 0.15) is 10.4 Å². The molecule has 2 N–H and O–H groups in total. The lowest BCUT2D eigenvalue weighted by Gasteiger charge is -2.12. The number of halogens is 2. The fraction of sp³-hybridized carbons (Fsp3) is 0.238. The number of amides is 1. The highest BCUT2D eigenvalue weighted by atomic mass is 32.2. The minimum atomic E-state index is -3.00. The average molecular weight is 474 g/mol. The number of hydrogen-bond acceptors (Lipinski definition) is 7. The van der Waals surface area contributed by atoms with Crippen molar-refractivity contribution in [3.05, 3.63) is 54.6 Å². The van der Waals surface area contributed by atoms with E-state index in [0.29, 0.717) is 35.7 Å². The number of thioether (sulfide) groups is 1. The number of fused-ring (bicyclic) bond motifs is 1. The number of nitrogens with zero attached hydrogens (tertiary/aromatic N) is 5. The number of carbonyl (C=O) groups excluding carboxylic acids is 1. The third-order valence-corrected chi connectivity index (χ3v) is 5.51. The van der Waals surface area contributed by atoms with Crippen LogP contribution in [0.3, 0.4) is 0 Å². The van der Waals surface area contributed by atoms with Gasteiger partial charge >= 0.3 is 6.61 Å². The largest absolute Gasteiger partial charge is 0.434 e. The van der Waals surface area contributed by atoms with Gasteiger partial charge < -0.3 is 15.4 Å². The number of anilines is 1. The fourth-order valence-corrected chi connectivity index (χ4v) is 3.69. The molecule has 0 unspecified atom stereocenters. The van der Waals surface area contributed by atoms with Gasteiger partial charge in [0.2, 0.25) is 0 Å². The first kappa shape index (κ1) is 22.7. The van der Waals surface area contributed by atoms with Gasteiger partial charge in [-0.3, -0.25) is 9.48 Å². The summed E-state index contributed by atoms with van der Waals surface area (Å²) < 4.78 is 34.0. The number of likely N-dealkylation sites (N-methyl/N-ethyl adjacent to an activating group) is 1. The van der Waals surface area contributed by atoms with Crippen LogP contribution in [0, 0.1) is 0 Å². The quantitative estimate of drug-likeness (QED) is 0.360. The Balaban J connectivity index is 1.76. The standard InChI is InChI=1S/C21H21F2N7O2S/c1-24-7-9-29-12-16(27-20(31)15-11-26-30-8-3-6-25-19(15)30)18(28-29)14-10-13(33-2)4-5-17(14)32-21(22)23/h3-6,8,10-12,21,24H,7,9H2,1-2H3,(H,27,31). The van der Waals surface area contributed by atoms with Gasteiger partial charge in [-0.1, -0.05) is 0 Å². The first-order chi connectivity index (χ1) is 16.0. The molecule has 1 aromatic carbocycles. The molecule has 0 saturated heterocycles. The van der Waals surface area contributed by atoms with E-state index < -0.39 is 12.5 Å². The van der Waals surface area contributed by atoms with Gasteiger partial charge in [-0.15, -0.1) is 11.8 Å². The molecular formula is C21H21F2N7O2S. The van der Waals surface area contributed by atoms with Crippen LogP contribution in [0.15, 0.2) is 53.9 Å².